The van der Waals surface area contributed by atoms with Crippen LogP contribution in [-0.4, -0.2) is 60.6 Å². The van der Waals surface area contributed by atoms with Crippen LogP contribution in [0.25, 0.3) is 0 Å². The van der Waals surface area contributed by atoms with Crippen molar-refractivity contribution in [2.45, 2.75) is 51.1 Å². The van der Waals surface area contributed by atoms with Gasteiger partial charge in [-0.25, -0.2) is 0 Å². The third-order valence-electron chi connectivity index (χ3n) is 4.64. The molecule has 0 aromatic rings. The van der Waals surface area contributed by atoms with Gasteiger partial charge in [-0.15, -0.1) is 0 Å². The van der Waals surface area contributed by atoms with Gasteiger partial charge in [0.25, 0.3) is 0 Å². The van der Waals surface area contributed by atoms with Crippen molar-refractivity contribution in [3.8, 4) is 6.07 Å². The third kappa shape index (κ3) is 3.92. The van der Waals surface area contributed by atoms with Gasteiger partial charge in [0, 0.05) is 25.7 Å². The minimum Gasteiger partial charge on any atom is -0.301 e. The van der Waals surface area contributed by atoms with Crippen LogP contribution in [0.3, 0.4) is 0 Å². The van der Waals surface area contributed by atoms with E-state index in [1.54, 1.807) is 0 Å². The fraction of sp³-hybridized carbons (Fsp3) is 0.933. The summed E-state index contributed by atoms with van der Waals surface area (Å²) in [7, 11) is 0. The lowest BCUT2D eigenvalue weighted by molar-refractivity contribution is 0.102. The van der Waals surface area contributed by atoms with Crippen LogP contribution in [0.2, 0.25) is 0 Å². The summed E-state index contributed by atoms with van der Waals surface area (Å²) in [5.41, 5.74) is -0.343. The first-order valence-electron chi connectivity index (χ1n) is 7.79. The quantitative estimate of drug-likeness (QED) is 0.788. The van der Waals surface area contributed by atoms with Crippen molar-refractivity contribution >= 4 is 0 Å². The molecular weight excluding hydrogens is 236 g/mol. The molecule has 19 heavy (non-hydrogen) atoms. The summed E-state index contributed by atoms with van der Waals surface area (Å²) in [4.78, 5) is 5.24. The molecule has 2 rings (SSSR count). The summed E-state index contributed by atoms with van der Waals surface area (Å²) >= 11 is 0. The van der Waals surface area contributed by atoms with Crippen LogP contribution in [0, 0.1) is 11.3 Å². The van der Waals surface area contributed by atoms with Gasteiger partial charge in [0.2, 0.25) is 0 Å². The molecule has 2 heterocycles. The standard InChI is InChI=1S/C15H28N4/c1-3-17-15(2,13-16)7-5-8-18-10-11-19-9-4-6-14(19)12-18/h14,17H,3-12H2,1-2H3. The molecule has 108 valence electrons. The number of hydrogen-bond donors (Lipinski definition) is 1. The Bertz CT molecular complexity index is 325. The lowest BCUT2D eigenvalue weighted by Crippen LogP contribution is -2.50. The maximum Gasteiger partial charge on any atom is 0.103 e. The third-order valence-corrected chi connectivity index (χ3v) is 4.64. The smallest absolute Gasteiger partial charge is 0.103 e. The van der Waals surface area contributed by atoms with E-state index in [-0.39, 0.29) is 5.54 Å². The zero-order chi connectivity index (χ0) is 13.7. The molecule has 0 aromatic carbocycles. The summed E-state index contributed by atoms with van der Waals surface area (Å²) in [6, 6.07) is 3.23. The molecule has 0 radical (unpaired) electrons. The van der Waals surface area contributed by atoms with Crippen LogP contribution < -0.4 is 5.32 Å². The SMILES string of the molecule is CCNC(C)(C#N)CCCN1CCN2CCCC2C1. The maximum absolute atomic E-state index is 9.24. The van der Waals surface area contributed by atoms with Gasteiger partial charge in [-0.2, -0.15) is 5.26 Å². The second kappa shape index (κ2) is 6.69. The lowest BCUT2D eigenvalue weighted by atomic mass is 9.97. The van der Waals surface area contributed by atoms with Crippen LogP contribution in [0.15, 0.2) is 0 Å². The number of piperazine rings is 1. The Balaban J connectivity index is 1.70. The Kier molecular flexibility index (Phi) is 5.20. The molecule has 4 nitrogen and oxygen atoms in total. The first-order valence-corrected chi connectivity index (χ1v) is 7.79. The Hall–Kier alpha value is -0.630. The monoisotopic (exact) mass is 264 g/mol. The largest absolute Gasteiger partial charge is 0.301 e. The van der Waals surface area contributed by atoms with E-state index in [4.69, 9.17) is 0 Å². The van der Waals surface area contributed by atoms with Crippen molar-refractivity contribution in [2.24, 2.45) is 0 Å². The van der Waals surface area contributed by atoms with E-state index in [1.807, 2.05) is 6.92 Å². The summed E-state index contributed by atoms with van der Waals surface area (Å²) in [5, 5.41) is 12.5. The lowest BCUT2D eigenvalue weighted by Gasteiger charge is -2.37. The summed E-state index contributed by atoms with van der Waals surface area (Å²) in [5.74, 6) is 0. The van der Waals surface area contributed by atoms with Crippen LogP contribution in [0.4, 0.5) is 0 Å². The number of fused-ring (bicyclic) bond motifs is 1. The molecule has 0 saturated carbocycles. The molecule has 4 heteroatoms. The molecular formula is C15H28N4. The van der Waals surface area contributed by atoms with Crippen molar-refractivity contribution in [3.63, 3.8) is 0 Å². The molecule has 2 unspecified atom stereocenters. The number of nitriles is 1. The van der Waals surface area contributed by atoms with E-state index in [0.717, 1.165) is 32.0 Å². The molecule has 0 aliphatic carbocycles. The van der Waals surface area contributed by atoms with Crippen molar-refractivity contribution in [1.82, 2.24) is 15.1 Å². The number of rotatable bonds is 6. The van der Waals surface area contributed by atoms with Crippen LogP contribution in [0.1, 0.15) is 39.5 Å². The first kappa shape index (κ1) is 14.8. The number of hydrogen-bond acceptors (Lipinski definition) is 4. The first-order chi connectivity index (χ1) is 9.17. The van der Waals surface area contributed by atoms with E-state index in [0.29, 0.717) is 0 Å². The second-order valence-corrected chi connectivity index (χ2v) is 6.21. The Morgan fingerprint density at radius 1 is 1.37 bits per heavy atom. The highest BCUT2D eigenvalue weighted by Gasteiger charge is 2.30. The van der Waals surface area contributed by atoms with Gasteiger partial charge < -0.3 is 4.90 Å². The molecule has 2 saturated heterocycles. The van der Waals surface area contributed by atoms with Crippen molar-refractivity contribution in [2.75, 3.05) is 39.3 Å². The molecule has 0 amide bonds. The van der Waals surface area contributed by atoms with E-state index in [2.05, 4.69) is 28.1 Å². The van der Waals surface area contributed by atoms with E-state index < -0.39 is 0 Å². The van der Waals surface area contributed by atoms with Gasteiger partial charge >= 0.3 is 0 Å². The minimum absolute atomic E-state index is 0.343. The van der Waals surface area contributed by atoms with Crippen molar-refractivity contribution in [1.29, 1.82) is 5.26 Å². The van der Waals surface area contributed by atoms with Crippen molar-refractivity contribution in [3.05, 3.63) is 0 Å². The molecule has 0 bridgehead atoms. The molecule has 2 fully saturated rings. The fourth-order valence-corrected chi connectivity index (χ4v) is 3.49. The molecule has 1 N–H and O–H groups in total. The van der Waals surface area contributed by atoms with Crippen molar-refractivity contribution < 1.29 is 0 Å². The maximum atomic E-state index is 9.24. The van der Waals surface area contributed by atoms with Crippen LogP contribution in [-0.2, 0) is 0 Å². The normalized spacial score (nSPS) is 27.7. The predicted octanol–water partition coefficient (Wildman–Crippen LogP) is 1.44. The summed E-state index contributed by atoms with van der Waals surface area (Å²) < 4.78 is 0. The van der Waals surface area contributed by atoms with Gasteiger partial charge in [-0.3, -0.25) is 10.2 Å². The predicted molar refractivity (Wildman–Crippen MR) is 78.0 cm³/mol. The molecule has 2 aliphatic rings. The van der Waals surface area contributed by atoms with E-state index in [1.165, 1.54) is 39.0 Å². The average molecular weight is 264 g/mol. The fourth-order valence-electron chi connectivity index (χ4n) is 3.49. The van der Waals surface area contributed by atoms with Gasteiger partial charge in [-0.05, 0) is 52.2 Å². The van der Waals surface area contributed by atoms with Gasteiger partial charge in [-0.1, -0.05) is 6.92 Å². The van der Waals surface area contributed by atoms with Gasteiger partial charge in [0.1, 0.15) is 5.54 Å². The van der Waals surface area contributed by atoms with E-state index in [9.17, 15) is 5.26 Å². The Morgan fingerprint density at radius 2 is 2.21 bits per heavy atom. The molecule has 0 spiro atoms. The Labute approximate surface area is 117 Å². The average Bonchev–Trinajstić information content (AvgIpc) is 2.86. The molecule has 0 aromatic heterocycles. The van der Waals surface area contributed by atoms with Crippen LogP contribution in [0.5, 0.6) is 0 Å². The molecule has 2 aliphatic heterocycles. The number of nitrogens with one attached hydrogen (secondary N) is 1. The highest BCUT2D eigenvalue weighted by Crippen LogP contribution is 2.22. The number of nitrogens with zero attached hydrogens (tertiary/aromatic N) is 3. The highest BCUT2D eigenvalue weighted by molar-refractivity contribution is 5.03. The zero-order valence-electron chi connectivity index (χ0n) is 12.5. The summed E-state index contributed by atoms with van der Waals surface area (Å²) in [6.07, 6.45) is 4.82. The molecule has 2 atom stereocenters. The zero-order valence-corrected chi connectivity index (χ0v) is 12.5. The van der Waals surface area contributed by atoms with Gasteiger partial charge in [0.15, 0.2) is 0 Å². The summed E-state index contributed by atoms with van der Waals surface area (Å²) in [6.45, 7) is 11.1. The van der Waals surface area contributed by atoms with E-state index >= 15 is 0 Å². The highest BCUT2D eigenvalue weighted by atomic mass is 15.3. The van der Waals surface area contributed by atoms with Gasteiger partial charge in [0.05, 0.1) is 6.07 Å². The minimum atomic E-state index is -0.343. The Morgan fingerprint density at radius 3 is 2.95 bits per heavy atom. The second-order valence-electron chi connectivity index (χ2n) is 6.21. The topological polar surface area (TPSA) is 42.3 Å². The van der Waals surface area contributed by atoms with Crippen LogP contribution >= 0.6 is 0 Å².